The second kappa shape index (κ2) is 26.0. The molecule has 0 saturated heterocycles. The first kappa shape index (κ1) is 49.0. The molecule has 0 saturated carbocycles. The quantitative estimate of drug-likeness (QED) is 0.0437. The van der Waals surface area contributed by atoms with Crippen LogP contribution in [0.5, 0.6) is 0 Å². The number of amides is 3. The van der Waals surface area contributed by atoms with Crippen molar-refractivity contribution in [2.24, 2.45) is 0 Å². The number of Topliss-reactive ketones (excluding diaryl/α,β-unsaturated/α-hetero) is 3. The minimum atomic E-state index is -0.683. The summed E-state index contributed by atoms with van der Waals surface area (Å²) in [6.07, 6.45) is 10.3. The van der Waals surface area contributed by atoms with E-state index in [-0.39, 0.29) is 42.1 Å². The lowest BCUT2D eigenvalue weighted by Gasteiger charge is -2.29. The van der Waals surface area contributed by atoms with E-state index in [1.165, 1.54) is 0 Å². The molecule has 2 N–H and O–H groups in total. The number of urea groups is 1. The fourth-order valence-corrected chi connectivity index (χ4v) is 8.00. The molecule has 0 fully saturated rings. The van der Waals surface area contributed by atoms with Gasteiger partial charge in [-0.25, -0.2) is 9.48 Å². The first-order valence-electron chi connectivity index (χ1n) is 23.4. The van der Waals surface area contributed by atoms with Crippen LogP contribution in [-0.2, 0) is 48.2 Å². The summed E-state index contributed by atoms with van der Waals surface area (Å²) in [5.74, 6) is -0.114. The Kier molecular flexibility index (Phi) is 19.9. The average Bonchev–Trinajstić information content (AvgIpc) is 3.72. The molecule has 1 aliphatic rings. The molecule has 0 aliphatic carbocycles. The van der Waals surface area contributed by atoms with Crippen molar-refractivity contribution in [2.45, 2.75) is 155 Å². The molecule has 1 atom stereocenters. The Morgan fingerprint density at radius 2 is 1.41 bits per heavy atom. The van der Waals surface area contributed by atoms with Crippen LogP contribution in [0.3, 0.4) is 0 Å². The van der Waals surface area contributed by atoms with Gasteiger partial charge in [-0.05, 0) is 80.7 Å². The molecule has 4 aromatic rings. The van der Waals surface area contributed by atoms with E-state index in [9.17, 15) is 28.8 Å². The Morgan fingerprint density at radius 1 is 0.703 bits per heavy atom. The number of para-hydroxylation sites is 1. The predicted octanol–water partition coefficient (Wildman–Crippen LogP) is 10.1. The summed E-state index contributed by atoms with van der Waals surface area (Å²) in [5, 5.41) is 15.2. The fraction of sp³-hybridized carbons (Fsp3) is 0.490. The zero-order chi connectivity index (χ0) is 45.7. The second-order valence-electron chi connectivity index (χ2n) is 16.6. The van der Waals surface area contributed by atoms with Crippen molar-refractivity contribution in [1.29, 1.82) is 0 Å². The van der Waals surface area contributed by atoms with Gasteiger partial charge in [0.1, 0.15) is 17.3 Å². The monoisotopic (exact) mass is 874 g/mol. The molecule has 13 nitrogen and oxygen atoms in total. The normalized spacial score (nSPS) is 12.2. The first-order chi connectivity index (χ1) is 31.1. The van der Waals surface area contributed by atoms with Crippen LogP contribution in [0.25, 0.3) is 22.5 Å². The highest BCUT2D eigenvalue weighted by atomic mass is 16.5. The third kappa shape index (κ3) is 14.8. The number of hydrogen-bond acceptors (Lipinski definition) is 9. The Labute approximate surface area is 378 Å². The van der Waals surface area contributed by atoms with Crippen molar-refractivity contribution < 1.29 is 33.5 Å². The number of unbranched alkanes of at least 4 members (excludes halogenated alkanes) is 6. The maximum Gasteiger partial charge on any atom is 0.319 e. The van der Waals surface area contributed by atoms with E-state index in [4.69, 9.17) is 9.84 Å². The number of rotatable bonds is 27. The number of anilines is 2. The van der Waals surface area contributed by atoms with Crippen LogP contribution in [-0.4, -0.2) is 62.9 Å². The van der Waals surface area contributed by atoms with Gasteiger partial charge in [0.25, 0.3) is 0 Å². The summed E-state index contributed by atoms with van der Waals surface area (Å²) < 4.78 is 7.15. The molecule has 1 unspecified atom stereocenters. The highest BCUT2D eigenvalue weighted by Crippen LogP contribution is 2.41. The number of aromatic nitrogens is 3. The molecule has 2 heterocycles. The molecule has 64 heavy (non-hydrogen) atoms. The molecular formula is C51H66N6O7. The topological polar surface area (TPSA) is 170 Å². The maximum absolute atomic E-state index is 13.9. The van der Waals surface area contributed by atoms with Crippen LogP contribution in [0.1, 0.15) is 141 Å². The molecule has 0 bridgehead atoms. The van der Waals surface area contributed by atoms with Crippen LogP contribution < -0.4 is 15.5 Å². The summed E-state index contributed by atoms with van der Waals surface area (Å²) in [5.41, 5.74) is 6.82. The van der Waals surface area contributed by atoms with Gasteiger partial charge in [-0.2, -0.15) is 0 Å². The predicted molar refractivity (Wildman–Crippen MR) is 250 cm³/mol. The SMILES string of the molecule is CCC(=O)CCCCC(=O)N1Cc2ccccc2-c2nnn(CCCCC(NC(=O)Nc3cccc(CC)c3)C(=O)CCCCCCCOC(=O)CCC(=O)CC)c2-c2ccccc21. The highest BCUT2D eigenvalue weighted by Gasteiger charge is 2.29. The molecule has 1 aromatic heterocycles. The molecule has 1 aliphatic heterocycles. The molecule has 0 radical (unpaired) electrons. The van der Waals surface area contributed by atoms with Crippen molar-refractivity contribution in [3.63, 3.8) is 0 Å². The summed E-state index contributed by atoms with van der Waals surface area (Å²) in [7, 11) is 0. The van der Waals surface area contributed by atoms with Gasteiger partial charge >= 0.3 is 12.0 Å². The highest BCUT2D eigenvalue weighted by molar-refractivity contribution is 6.00. The standard InChI is InChI=1S/C51H66N6O7/c1-4-37-21-20-23-39(35-37)52-51(63)53-44(46(60)29-10-8-7-9-19-34-64-48(62)32-31-41(59)6-3)27-17-18-33-57-50-43-26-14-15-28-45(43)56(47(61)30-16-12-24-40(58)5-2)36-38-22-11-13-25-42(38)49(50)54-55-57/h11,13-15,20-23,25-26,28,35,44H,4-10,12,16-19,24,27,29-34,36H2,1-3H3,(H2,52,53,63). The van der Waals surface area contributed by atoms with Crippen LogP contribution in [0.2, 0.25) is 0 Å². The number of carbonyl (C=O) groups is 6. The van der Waals surface area contributed by atoms with Gasteiger partial charge in [-0.3, -0.25) is 24.0 Å². The van der Waals surface area contributed by atoms with E-state index in [1.54, 1.807) is 6.92 Å². The van der Waals surface area contributed by atoms with Crippen molar-refractivity contribution in [2.75, 3.05) is 16.8 Å². The van der Waals surface area contributed by atoms with E-state index < -0.39 is 12.1 Å². The number of fused-ring (bicyclic) bond motifs is 5. The zero-order valence-corrected chi connectivity index (χ0v) is 38.0. The Bertz CT molecular complexity index is 2200. The van der Waals surface area contributed by atoms with Gasteiger partial charge < -0.3 is 20.3 Å². The van der Waals surface area contributed by atoms with E-state index in [0.29, 0.717) is 96.0 Å². The number of esters is 1. The molecule has 0 spiro atoms. The summed E-state index contributed by atoms with van der Waals surface area (Å²) >= 11 is 0. The van der Waals surface area contributed by atoms with E-state index in [2.05, 4.69) is 22.8 Å². The van der Waals surface area contributed by atoms with Crippen molar-refractivity contribution in [3.8, 4) is 22.5 Å². The molecule has 13 heteroatoms. The minimum absolute atomic E-state index is 0.00440. The van der Waals surface area contributed by atoms with Crippen LogP contribution >= 0.6 is 0 Å². The van der Waals surface area contributed by atoms with Crippen molar-refractivity contribution >= 4 is 46.6 Å². The summed E-state index contributed by atoms with van der Waals surface area (Å²) in [6, 6.07) is 22.4. The van der Waals surface area contributed by atoms with E-state index in [1.807, 2.05) is 89.3 Å². The smallest absolute Gasteiger partial charge is 0.319 e. The maximum atomic E-state index is 13.9. The number of nitrogens with one attached hydrogen (secondary N) is 2. The molecule has 342 valence electrons. The van der Waals surface area contributed by atoms with Crippen LogP contribution in [0.4, 0.5) is 16.2 Å². The third-order valence-electron chi connectivity index (χ3n) is 11.8. The lowest BCUT2D eigenvalue weighted by Crippen LogP contribution is -2.43. The largest absolute Gasteiger partial charge is 0.466 e. The number of aryl methyl sites for hydroxylation is 2. The van der Waals surface area contributed by atoms with Crippen LogP contribution in [0, 0.1) is 0 Å². The van der Waals surface area contributed by atoms with Gasteiger partial charge in [0, 0.05) is 61.9 Å². The number of ether oxygens (including phenoxy) is 1. The zero-order valence-electron chi connectivity index (χ0n) is 38.0. The number of carbonyl (C=O) groups excluding carboxylic acids is 6. The Morgan fingerprint density at radius 3 is 2.20 bits per heavy atom. The van der Waals surface area contributed by atoms with Crippen molar-refractivity contribution in [1.82, 2.24) is 20.3 Å². The van der Waals surface area contributed by atoms with Crippen molar-refractivity contribution in [3.05, 3.63) is 83.9 Å². The van der Waals surface area contributed by atoms with Gasteiger partial charge in [0.2, 0.25) is 5.91 Å². The second-order valence-corrected chi connectivity index (χ2v) is 16.6. The van der Waals surface area contributed by atoms with Gasteiger partial charge in [-0.15, -0.1) is 5.10 Å². The molecule has 3 aromatic carbocycles. The number of ketones is 3. The minimum Gasteiger partial charge on any atom is -0.466 e. The third-order valence-corrected chi connectivity index (χ3v) is 11.8. The van der Waals surface area contributed by atoms with Gasteiger partial charge in [-0.1, -0.05) is 99.8 Å². The number of hydrogen-bond donors (Lipinski definition) is 2. The Hall–Kier alpha value is -5.98. The van der Waals surface area contributed by atoms with Crippen LogP contribution in [0.15, 0.2) is 72.8 Å². The molecule has 3 amide bonds. The Balaban J connectivity index is 1.22. The average molecular weight is 875 g/mol. The molecular weight excluding hydrogens is 809 g/mol. The van der Waals surface area contributed by atoms with Gasteiger partial charge in [0.15, 0.2) is 5.78 Å². The first-order valence-corrected chi connectivity index (χ1v) is 23.4. The van der Waals surface area contributed by atoms with E-state index >= 15 is 0 Å². The summed E-state index contributed by atoms with van der Waals surface area (Å²) in [4.78, 5) is 78.1. The fourth-order valence-electron chi connectivity index (χ4n) is 8.00. The molecule has 5 rings (SSSR count). The number of nitrogens with zero attached hydrogens (tertiary/aromatic N) is 4. The lowest BCUT2D eigenvalue weighted by molar-refractivity contribution is -0.145. The lowest BCUT2D eigenvalue weighted by atomic mass is 9.95. The number of benzene rings is 3. The summed E-state index contributed by atoms with van der Waals surface area (Å²) in [6.45, 7) is 6.90. The van der Waals surface area contributed by atoms with Gasteiger partial charge in [0.05, 0.1) is 37.0 Å². The van der Waals surface area contributed by atoms with E-state index in [0.717, 1.165) is 71.4 Å².